The van der Waals surface area contributed by atoms with Gasteiger partial charge in [-0.2, -0.15) is 0 Å². The van der Waals surface area contributed by atoms with Gasteiger partial charge in [-0.05, 0) is 32.4 Å². The number of amides is 1. The van der Waals surface area contributed by atoms with Gasteiger partial charge in [0.1, 0.15) is 11.9 Å². The lowest BCUT2D eigenvalue weighted by Crippen LogP contribution is -2.41. The number of hydrogen-bond donors (Lipinski definition) is 0. The lowest BCUT2D eigenvalue weighted by Gasteiger charge is -2.24. The van der Waals surface area contributed by atoms with Crippen molar-refractivity contribution in [2.24, 2.45) is 0 Å². The van der Waals surface area contributed by atoms with E-state index in [2.05, 4.69) is 9.88 Å². The third kappa shape index (κ3) is 3.70. The molecule has 20 heavy (non-hydrogen) atoms. The van der Waals surface area contributed by atoms with E-state index in [0.29, 0.717) is 6.61 Å². The first-order valence-electron chi connectivity index (χ1n) is 7.28. The molecule has 1 atom stereocenters. The van der Waals surface area contributed by atoms with E-state index in [9.17, 15) is 4.79 Å². The van der Waals surface area contributed by atoms with E-state index in [1.165, 1.54) is 0 Å². The van der Waals surface area contributed by atoms with Gasteiger partial charge in [-0.3, -0.25) is 4.79 Å². The molecule has 0 aliphatic carbocycles. The van der Waals surface area contributed by atoms with Crippen molar-refractivity contribution in [3.63, 3.8) is 0 Å². The first-order chi connectivity index (χ1) is 9.72. The van der Waals surface area contributed by atoms with Crippen LogP contribution in [0, 0.1) is 0 Å². The molecule has 0 radical (unpaired) electrons. The van der Waals surface area contributed by atoms with Gasteiger partial charge in [0.2, 0.25) is 0 Å². The van der Waals surface area contributed by atoms with E-state index in [4.69, 9.17) is 4.74 Å². The van der Waals surface area contributed by atoms with E-state index >= 15 is 0 Å². The maximum Gasteiger partial charge on any atom is 0.251 e. The number of rotatable bonds is 4. The highest BCUT2D eigenvalue weighted by molar-refractivity contribution is 5.80. The highest BCUT2D eigenvalue weighted by Crippen LogP contribution is 2.13. The zero-order valence-corrected chi connectivity index (χ0v) is 12.3. The van der Waals surface area contributed by atoms with Gasteiger partial charge in [-0.1, -0.05) is 6.07 Å². The number of carbonyl (C=O) groups is 1. The summed E-state index contributed by atoms with van der Waals surface area (Å²) in [7, 11) is 0. The van der Waals surface area contributed by atoms with E-state index in [1.807, 2.05) is 36.9 Å². The van der Waals surface area contributed by atoms with Crippen molar-refractivity contribution >= 4 is 11.7 Å². The Balaban J connectivity index is 1.94. The summed E-state index contributed by atoms with van der Waals surface area (Å²) in [6.45, 7) is 7.58. The molecule has 2 heterocycles. The smallest absolute Gasteiger partial charge is 0.251 e. The third-order valence-corrected chi connectivity index (χ3v) is 3.55. The van der Waals surface area contributed by atoms with Crippen LogP contribution in [0.1, 0.15) is 20.3 Å². The van der Waals surface area contributed by atoms with Gasteiger partial charge in [-0.25, -0.2) is 4.98 Å². The van der Waals surface area contributed by atoms with Crippen molar-refractivity contribution in [3.8, 4) is 0 Å². The lowest BCUT2D eigenvalue weighted by molar-refractivity contribution is -0.142. The van der Waals surface area contributed by atoms with Crippen molar-refractivity contribution in [1.82, 2.24) is 9.88 Å². The molecule has 5 heteroatoms. The predicted molar refractivity (Wildman–Crippen MR) is 78.7 cm³/mol. The van der Waals surface area contributed by atoms with E-state index in [-0.39, 0.29) is 12.0 Å². The van der Waals surface area contributed by atoms with E-state index in [1.54, 1.807) is 6.20 Å². The van der Waals surface area contributed by atoms with Gasteiger partial charge in [0, 0.05) is 39.0 Å². The quantitative estimate of drug-likeness (QED) is 0.837. The molecule has 1 fully saturated rings. The van der Waals surface area contributed by atoms with Crippen LogP contribution in [0.15, 0.2) is 24.4 Å². The zero-order valence-electron chi connectivity index (χ0n) is 12.3. The summed E-state index contributed by atoms with van der Waals surface area (Å²) in [5, 5.41) is 0. The molecule has 1 aromatic heterocycles. The monoisotopic (exact) mass is 277 g/mol. The summed E-state index contributed by atoms with van der Waals surface area (Å²) >= 11 is 0. The molecule has 0 unspecified atom stereocenters. The Morgan fingerprint density at radius 2 is 2.20 bits per heavy atom. The van der Waals surface area contributed by atoms with Crippen molar-refractivity contribution in [1.29, 1.82) is 0 Å². The van der Waals surface area contributed by atoms with Crippen LogP contribution in [0.5, 0.6) is 0 Å². The van der Waals surface area contributed by atoms with Crippen LogP contribution in [0.2, 0.25) is 0 Å². The topological polar surface area (TPSA) is 45.7 Å². The first kappa shape index (κ1) is 14.8. The minimum absolute atomic E-state index is 0.0923. The van der Waals surface area contributed by atoms with Gasteiger partial charge in [-0.15, -0.1) is 0 Å². The SMILES string of the molecule is CCO[C@@H](C)C(=O)N1CCCN(c2ccccn2)CC1. The van der Waals surface area contributed by atoms with E-state index in [0.717, 1.165) is 38.4 Å². The molecule has 0 aromatic carbocycles. The van der Waals surface area contributed by atoms with Crippen LogP contribution in [-0.4, -0.2) is 54.7 Å². The largest absolute Gasteiger partial charge is 0.369 e. The zero-order chi connectivity index (χ0) is 14.4. The van der Waals surface area contributed by atoms with Crippen LogP contribution < -0.4 is 4.90 Å². The van der Waals surface area contributed by atoms with Crippen LogP contribution >= 0.6 is 0 Å². The van der Waals surface area contributed by atoms with Gasteiger partial charge in [0.05, 0.1) is 0 Å². The fourth-order valence-electron chi connectivity index (χ4n) is 2.49. The van der Waals surface area contributed by atoms with Gasteiger partial charge in [0.25, 0.3) is 5.91 Å². The summed E-state index contributed by atoms with van der Waals surface area (Å²) < 4.78 is 5.39. The number of anilines is 1. The van der Waals surface area contributed by atoms with Gasteiger partial charge < -0.3 is 14.5 Å². The fraction of sp³-hybridized carbons (Fsp3) is 0.600. The Morgan fingerprint density at radius 3 is 2.90 bits per heavy atom. The van der Waals surface area contributed by atoms with Crippen molar-refractivity contribution < 1.29 is 9.53 Å². The van der Waals surface area contributed by atoms with Crippen molar-refractivity contribution in [3.05, 3.63) is 24.4 Å². The molecule has 110 valence electrons. The summed E-state index contributed by atoms with van der Waals surface area (Å²) in [4.78, 5) is 20.8. The molecule has 5 nitrogen and oxygen atoms in total. The Hall–Kier alpha value is -1.62. The normalized spacial score (nSPS) is 17.7. The molecular formula is C15H23N3O2. The summed E-state index contributed by atoms with van der Waals surface area (Å²) in [6, 6.07) is 5.93. The molecule has 0 bridgehead atoms. The maximum absolute atomic E-state index is 12.3. The van der Waals surface area contributed by atoms with Crippen LogP contribution in [0.4, 0.5) is 5.82 Å². The molecule has 1 aliphatic heterocycles. The average molecular weight is 277 g/mol. The highest BCUT2D eigenvalue weighted by Gasteiger charge is 2.23. The molecule has 0 N–H and O–H groups in total. The molecule has 1 aliphatic rings. The second kappa shape index (κ2) is 7.24. The number of pyridine rings is 1. The minimum Gasteiger partial charge on any atom is -0.369 e. The standard InChI is InChI=1S/C15H23N3O2/c1-3-20-13(2)15(19)18-10-6-9-17(11-12-18)14-7-4-5-8-16-14/h4-5,7-8,13H,3,6,9-12H2,1-2H3/t13-/m0/s1. The second-order valence-corrected chi connectivity index (χ2v) is 4.95. The average Bonchev–Trinajstić information content (AvgIpc) is 2.73. The van der Waals surface area contributed by atoms with Crippen LogP contribution in [0.3, 0.4) is 0 Å². The molecule has 1 aromatic rings. The summed E-state index contributed by atoms with van der Waals surface area (Å²) in [5.41, 5.74) is 0. The number of carbonyl (C=O) groups excluding carboxylic acids is 1. The number of aromatic nitrogens is 1. The van der Waals surface area contributed by atoms with Crippen LogP contribution in [-0.2, 0) is 9.53 Å². The van der Waals surface area contributed by atoms with Crippen molar-refractivity contribution in [2.45, 2.75) is 26.4 Å². The molecule has 0 saturated carbocycles. The Morgan fingerprint density at radius 1 is 1.35 bits per heavy atom. The van der Waals surface area contributed by atoms with Crippen LogP contribution in [0.25, 0.3) is 0 Å². The second-order valence-electron chi connectivity index (χ2n) is 4.95. The maximum atomic E-state index is 12.3. The molecule has 2 rings (SSSR count). The molecular weight excluding hydrogens is 254 g/mol. The summed E-state index contributed by atoms with van der Waals surface area (Å²) in [6.07, 6.45) is 2.42. The molecule has 1 amide bonds. The predicted octanol–water partition coefficient (Wildman–Crippen LogP) is 1.55. The Bertz CT molecular complexity index is 424. The number of hydrogen-bond acceptors (Lipinski definition) is 4. The third-order valence-electron chi connectivity index (χ3n) is 3.55. The fourth-order valence-corrected chi connectivity index (χ4v) is 2.49. The van der Waals surface area contributed by atoms with Crippen molar-refractivity contribution in [2.75, 3.05) is 37.7 Å². The lowest BCUT2D eigenvalue weighted by atomic mass is 10.3. The number of nitrogens with zero attached hydrogens (tertiary/aromatic N) is 3. The van der Waals surface area contributed by atoms with Gasteiger partial charge >= 0.3 is 0 Å². The van der Waals surface area contributed by atoms with Gasteiger partial charge in [0.15, 0.2) is 0 Å². The number of ether oxygens (including phenoxy) is 1. The Labute approximate surface area is 120 Å². The van der Waals surface area contributed by atoms with E-state index < -0.39 is 0 Å². The first-order valence-corrected chi connectivity index (χ1v) is 7.28. The Kier molecular flexibility index (Phi) is 5.35. The molecule has 0 spiro atoms. The molecule has 1 saturated heterocycles. The highest BCUT2D eigenvalue weighted by atomic mass is 16.5. The minimum atomic E-state index is -0.346. The summed E-state index contributed by atoms with van der Waals surface area (Å²) in [5.74, 6) is 1.08.